The first kappa shape index (κ1) is 13.4. The predicted molar refractivity (Wildman–Crippen MR) is 76.0 cm³/mol. The molecule has 0 aliphatic rings. The van der Waals surface area contributed by atoms with E-state index in [4.69, 9.17) is 4.74 Å². The van der Waals surface area contributed by atoms with Gasteiger partial charge in [0, 0.05) is 35.9 Å². The minimum atomic E-state index is -0.0247. The van der Waals surface area contributed by atoms with Gasteiger partial charge in [0.1, 0.15) is 5.75 Å². The van der Waals surface area contributed by atoms with E-state index in [1.807, 2.05) is 49.2 Å². The van der Waals surface area contributed by atoms with E-state index in [0.717, 1.165) is 28.4 Å². The Hall–Kier alpha value is -2.07. The number of methoxy groups -OCH3 is 1. The quantitative estimate of drug-likeness (QED) is 0.915. The molecule has 0 saturated heterocycles. The molecule has 1 N–H and O–H groups in total. The zero-order valence-corrected chi connectivity index (χ0v) is 11.4. The van der Waals surface area contributed by atoms with Crippen LogP contribution in [0.1, 0.15) is 11.3 Å². The van der Waals surface area contributed by atoms with E-state index < -0.39 is 0 Å². The fourth-order valence-corrected chi connectivity index (χ4v) is 1.95. The second kappa shape index (κ2) is 5.71. The van der Waals surface area contributed by atoms with Crippen molar-refractivity contribution >= 4 is 11.4 Å². The number of anilines is 2. The lowest BCUT2D eigenvalue weighted by Gasteiger charge is -2.22. The summed E-state index contributed by atoms with van der Waals surface area (Å²) in [5.74, 6) is 0.824. The van der Waals surface area contributed by atoms with Crippen molar-refractivity contribution < 1.29 is 9.84 Å². The lowest BCUT2D eigenvalue weighted by molar-refractivity contribution is 0.282. The first-order valence-electron chi connectivity index (χ1n) is 6.10. The Morgan fingerprint density at radius 1 is 1.26 bits per heavy atom. The summed E-state index contributed by atoms with van der Waals surface area (Å²) >= 11 is 0. The number of benzene rings is 1. The van der Waals surface area contributed by atoms with Crippen LogP contribution in [0.2, 0.25) is 0 Å². The van der Waals surface area contributed by atoms with Gasteiger partial charge >= 0.3 is 0 Å². The zero-order chi connectivity index (χ0) is 13.8. The number of aryl methyl sites for hydroxylation is 1. The Balaban J connectivity index is 2.36. The average Bonchev–Trinajstić information content (AvgIpc) is 2.46. The molecule has 0 radical (unpaired) electrons. The van der Waals surface area contributed by atoms with Crippen molar-refractivity contribution in [3.8, 4) is 5.75 Å². The molecule has 1 aromatic heterocycles. The fourth-order valence-electron chi connectivity index (χ4n) is 1.95. The van der Waals surface area contributed by atoms with Gasteiger partial charge in [-0.2, -0.15) is 0 Å². The smallest absolute Gasteiger partial charge is 0.119 e. The van der Waals surface area contributed by atoms with Gasteiger partial charge in [-0.25, -0.2) is 0 Å². The van der Waals surface area contributed by atoms with Gasteiger partial charge in [0.05, 0.1) is 13.7 Å². The van der Waals surface area contributed by atoms with Crippen LogP contribution in [0.3, 0.4) is 0 Å². The van der Waals surface area contributed by atoms with E-state index >= 15 is 0 Å². The van der Waals surface area contributed by atoms with Gasteiger partial charge in [-0.1, -0.05) is 0 Å². The number of ether oxygens (including phenoxy) is 1. The number of hydrogen-bond donors (Lipinski definition) is 1. The van der Waals surface area contributed by atoms with Gasteiger partial charge in [-0.3, -0.25) is 4.98 Å². The lowest BCUT2D eigenvalue weighted by Crippen LogP contribution is -2.12. The summed E-state index contributed by atoms with van der Waals surface area (Å²) in [4.78, 5) is 6.23. The van der Waals surface area contributed by atoms with Crippen LogP contribution >= 0.6 is 0 Å². The van der Waals surface area contributed by atoms with E-state index in [2.05, 4.69) is 4.98 Å². The largest absolute Gasteiger partial charge is 0.497 e. The minimum absolute atomic E-state index is 0.0247. The maximum absolute atomic E-state index is 9.40. The van der Waals surface area contributed by atoms with Crippen LogP contribution in [0.4, 0.5) is 11.4 Å². The Kier molecular flexibility index (Phi) is 4.02. The van der Waals surface area contributed by atoms with Gasteiger partial charge in [0.15, 0.2) is 0 Å². The average molecular weight is 258 g/mol. The standard InChI is InChI=1S/C15H18N2O2/c1-11-8-15(12(10-18)9-16-11)17(2)13-4-6-14(19-3)7-5-13/h4-9,18H,10H2,1-3H3. The monoisotopic (exact) mass is 258 g/mol. The predicted octanol–water partition coefficient (Wildman–Crippen LogP) is 2.66. The number of aromatic nitrogens is 1. The number of rotatable bonds is 4. The van der Waals surface area contributed by atoms with Crippen LogP contribution in [-0.4, -0.2) is 24.2 Å². The molecule has 0 bridgehead atoms. The SMILES string of the molecule is COc1ccc(N(C)c2cc(C)ncc2CO)cc1. The Labute approximate surface area is 113 Å². The summed E-state index contributed by atoms with van der Waals surface area (Å²) in [6, 6.07) is 9.76. The third-order valence-corrected chi connectivity index (χ3v) is 3.09. The van der Waals surface area contributed by atoms with Crippen molar-refractivity contribution in [2.75, 3.05) is 19.1 Å². The molecule has 0 aliphatic heterocycles. The van der Waals surface area contributed by atoms with Crippen molar-refractivity contribution in [2.45, 2.75) is 13.5 Å². The molecule has 19 heavy (non-hydrogen) atoms. The Morgan fingerprint density at radius 3 is 2.53 bits per heavy atom. The molecular weight excluding hydrogens is 240 g/mol. The second-order valence-corrected chi connectivity index (χ2v) is 4.37. The van der Waals surface area contributed by atoms with E-state index in [1.54, 1.807) is 13.3 Å². The van der Waals surface area contributed by atoms with Crippen molar-refractivity contribution in [1.82, 2.24) is 4.98 Å². The van der Waals surface area contributed by atoms with Crippen molar-refractivity contribution in [3.63, 3.8) is 0 Å². The fraction of sp³-hybridized carbons (Fsp3) is 0.267. The van der Waals surface area contributed by atoms with Crippen LogP contribution in [0.15, 0.2) is 36.5 Å². The van der Waals surface area contributed by atoms with E-state index in [1.165, 1.54) is 0 Å². The van der Waals surface area contributed by atoms with Gasteiger partial charge in [-0.15, -0.1) is 0 Å². The first-order valence-corrected chi connectivity index (χ1v) is 6.10. The molecule has 0 aliphatic carbocycles. The summed E-state index contributed by atoms with van der Waals surface area (Å²) in [5, 5.41) is 9.40. The molecule has 4 heteroatoms. The second-order valence-electron chi connectivity index (χ2n) is 4.37. The van der Waals surface area contributed by atoms with Crippen LogP contribution in [0.25, 0.3) is 0 Å². The summed E-state index contributed by atoms with van der Waals surface area (Å²) in [6.45, 7) is 1.91. The van der Waals surface area contributed by atoms with Gasteiger partial charge in [0.2, 0.25) is 0 Å². The molecule has 0 unspecified atom stereocenters. The number of aliphatic hydroxyl groups excluding tert-OH is 1. The maximum atomic E-state index is 9.40. The highest BCUT2D eigenvalue weighted by Gasteiger charge is 2.10. The van der Waals surface area contributed by atoms with Crippen LogP contribution < -0.4 is 9.64 Å². The third-order valence-electron chi connectivity index (χ3n) is 3.09. The van der Waals surface area contributed by atoms with Crippen molar-refractivity contribution in [3.05, 3.63) is 47.8 Å². The van der Waals surface area contributed by atoms with Crippen LogP contribution in [-0.2, 0) is 6.61 Å². The summed E-state index contributed by atoms with van der Waals surface area (Å²) in [6.07, 6.45) is 1.71. The van der Waals surface area contributed by atoms with E-state index in [0.29, 0.717) is 0 Å². The Bertz CT molecular complexity index is 553. The topological polar surface area (TPSA) is 45.6 Å². The number of aliphatic hydroxyl groups is 1. The first-order chi connectivity index (χ1) is 9.15. The normalized spacial score (nSPS) is 10.3. The third kappa shape index (κ3) is 2.85. The van der Waals surface area contributed by atoms with Crippen LogP contribution in [0, 0.1) is 6.92 Å². The molecule has 0 amide bonds. The number of hydrogen-bond acceptors (Lipinski definition) is 4. The molecule has 4 nitrogen and oxygen atoms in total. The Morgan fingerprint density at radius 2 is 1.95 bits per heavy atom. The molecule has 0 saturated carbocycles. The molecule has 100 valence electrons. The summed E-state index contributed by atoms with van der Waals surface area (Å²) < 4.78 is 5.15. The number of pyridine rings is 1. The van der Waals surface area contributed by atoms with Gasteiger partial charge < -0.3 is 14.7 Å². The highest BCUT2D eigenvalue weighted by molar-refractivity contribution is 5.66. The maximum Gasteiger partial charge on any atom is 0.119 e. The highest BCUT2D eigenvalue weighted by atomic mass is 16.5. The molecule has 2 aromatic rings. The molecule has 2 rings (SSSR count). The van der Waals surface area contributed by atoms with E-state index in [-0.39, 0.29) is 6.61 Å². The minimum Gasteiger partial charge on any atom is -0.497 e. The molecule has 0 atom stereocenters. The molecular formula is C15H18N2O2. The van der Waals surface area contributed by atoms with Gasteiger partial charge in [0.25, 0.3) is 0 Å². The summed E-state index contributed by atoms with van der Waals surface area (Å²) in [5.41, 5.74) is 3.72. The zero-order valence-electron chi connectivity index (χ0n) is 11.4. The van der Waals surface area contributed by atoms with Crippen molar-refractivity contribution in [2.24, 2.45) is 0 Å². The summed E-state index contributed by atoms with van der Waals surface area (Å²) in [7, 11) is 3.62. The molecule has 0 fully saturated rings. The molecule has 1 heterocycles. The van der Waals surface area contributed by atoms with E-state index in [9.17, 15) is 5.11 Å². The molecule has 1 aromatic carbocycles. The molecule has 0 spiro atoms. The van der Waals surface area contributed by atoms with Gasteiger partial charge in [-0.05, 0) is 37.3 Å². The lowest BCUT2D eigenvalue weighted by atomic mass is 10.2. The highest BCUT2D eigenvalue weighted by Crippen LogP contribution is 2.28. The van der Waals surface area contributed by atoms with Crippen molar-refractivity contribution in [1.29, 1.82) is 0 Å². The van der Waals surface area contributed by atoms with Crippen LogP contribution in [0.5, 0.6) is 5.75 Å². The number of nitrogens with zero attached hydrogens (tertiary/aromatic N) is 2.